The summed E-state index contributed by atoms with van der Waals surface area (Å²) in [4.78, 5) is 24.9. The summed E-state index contributed by atoms with van der Waals surface area (Å²) in [5.41, 5.74) is 2.85. The number of carbonyl (C=O) groups is 2. The van der Waals surface area contributed by atoms with Crippen LogP contribution in [0.25, 0.3) is 6.08 Å². The molecule has 1 spiro atoms. The second-order valence-corrected chi connectivity index (χ2v) is 9.63. The SMILES string of the molecule is CCCCNC1C2CCC(=O)[C@H]3Oc4c(OC)cc(/C=C/C(=O)OC)c5c4[C@@]23CC51C. The number of carbonyl (C=O) groups excluding carboxylic acids is 2. The van der Waals surface area contributed by atoms with E-state index in [9.17, 15) is 9.59 Å². The highest BCUT2D eigenvalue weighted by atomic mass is 16.5. The Bertz CT molecular complexity index is 985. The van der Waals surface area contributed by atoms with Gasteiger partial charge in [-0.3, -0.25) is 4.79 Å². The minimum atomic E-state index is -0.437. The maximum atomic E-state index is 13.0. The number of unbranched alkanes of at least 4 members (excludes halogenated alkanes) is 1. The molecule has 1 aliphatic heterocycles. The molecule has 1 N–H and O–H groups in total. The first kappa shape index (κ1) is 20.6. The van der Waals surface area contributed by atoms with Crippen molar-refractivity contribution in [1.29, 1.82) is 0 Å². The minimum Gasteiger partial charge on any atom is -0.493 e. The largest absolute Gasteiger partial charge is 0.493 e. The lowest BCUT2D eigenvalue weighted by molar-refractivity contribution is -0.135. The van der Waals surface area contributed by atoms with Gasteiger partial charge in [-0.05, 0) is 55.0 Å². The molecule has 3 unspecified atom stereocenters. The molecule has 0 amide bonds. The zero-order valence-electron chi connectivity index (χ0n) is 18.7. The Morgan fingerprint density at radius 3 is 2.87 bits per heavy atom. The van der Waals surface area contributed by atoms with E-state index in [0.29, 0.717) is 18.1 Å². The zero-order chi connectivity index (χ0) is 22.0. The van der Waals surface area contributed by atoms with Gasteiger partial charge in [-0.25, -0.2) is 4.79 Å². The number of methoxy groups -OCH3 is 2. The van der Waals surface area contributed by atoms with Gasteiger partial charge < -0.3 is 19.5 Å². The molecule has 0 aromatic heterocycles. The van der Waals surface area contributed by atoms with Crippen molar-refractivity contribution in [2.45, 2.75) is 68.9 Å². The molecule has 166 valence electrons. The quantitative estimate of drug-likeness (QED) is 0.411. The molecule has 5 rings (SSSR count). The molecular formula is C25H31NO5. The van der Waals surface area contributed by atoms with Crippen LogP contribution in [0.4, 0.5) is 0 Å². The Balaban J connectivity index is 1.72. The highest BCUT2D eigenvalue weighted by Gasteiger charge is 2.75. The second kappa shape index (κ2) is 7.09. The molecule has 0 saturated heterocycles. The van der Waals surface area contributed by atoms with E-state index in [1.165, 1.54) is 18.7 Å². The molecule has 2 fully saturated rings. The number of nitrogens with one attached hydrogen (secondary N) is 1. The van der Waals surface area contributed by atoms with Crippen molar-refractivity contribution in [2.75, 3.05) is 20.8 Å². The van der Waals surface area contributed by atoms with Crippen molar-refractivity contribution in [2.24, 2.45) is 5.92 Å². The fourth-order valence-corrected chi connectivity index (χ4v) is 7.10. The average molecular weight is 426 g/mol. The summed E-state index contributed by atoms with van der Waals surface area (Å²) in [6, 6.07) is 2.21. The third-order valence-corrected chi connectivity index (χ3v) is 8.14. The van der Waals surface area contributed by atoms with E-state index in [1.807, 2.05) is 12.1 Å². The number of ether oxygens (including phenoxy) is 3. The number of fused-ring (bicyclic) bond motifs is 2. The minimum absolute atomic E-state index is 0.142. The predicted molar refractivity (Wildman–Crippen MR) is 117 cm³/mol. The Morgan fingerprint density at radius 2 is 2.16 bits per heavy atom. The number of hydrogen-bond donors (Lipinski definition) is 1. The number of benzene rings is 1. The lowest BCUT2D eigenvalue weighted by Gasteiger charge is -2.45. The maximum Gasteiger partial charge on any atom is 0.330 e. The van der Waals surface area contributed by atoms with Gasteiger partial charge >= 0.3 is 5.97 Å². The van der Waals surface area contributed by atoms with Crippen LogP contribution in [-0.4, -0.2) is 44.7 Å². The monoisotopic (exact) mass is 425 g/mol. The molecule has 1 aromatic carbocycles. The van der Waals surface area contributed by atoms with Crippen molar-refractivity contribution < 1.29 is 23.8 Å². The van der Waals surface area contributed by atoms with Crippen LogP contribution in [-0.2, 0) is 25.2 Å². The van der Waals surface area contributed by atoms with Crippen LogP contribution >= 0.6 is 0 Å². The molecule has 6 heteroatoms. The van der Waals surface area contributed by atoms with Gasteiger partial charge in [0.2, 0.25) is 0 Å². The van der Waals surface area contributed by atoms with Gasteiger partial charge in [-0.2, -0.15) is 0 Å². The van der Waals surface area contributed by atoms with Crippen molar-refractivity contribution in [1.82, 2.24) is 5.32 Å². The molecule has 6 nitrogen and oxygen atoms in total. The highest BCUT2D eigenvalue weighted by molar-refractivity contribution is 5.92. The average Bonchev–Trinajstić information content (AvgIpc) is 3.33. The third-order valence-electron chi connectivity index (χ3n) is 8.14. The summed E-state index contributed by atoms with van der Waals surface area (Å²) in [5.74, 6) is 1.52. The van der Waals surface area contributed by atoms with Gasteiger partial charge in [-0.15, -0.1) is 0 Å². The molecule has 2 bridgehead atoms. The van der Waals surface area contributed by atoms with E-state index in [4.69, 9.17) is 14.2 Å². The number of ketones is 1. The van der Waals surface area contributed by atoms with E-state index in [0.717, 1.165) is 49.1 Å². The summed E-state index contributed by atoms with van der Waals surface area (Å²) >= 11 is 0. The van der Waals surface area contributed by atoms with Crippen LogP contribution in [0.1, 0.15) is 62.6 Å². The zero-order valence-corrected chi connectivity index (χ0v) is 18.7. The van der Waals surface area contributed by atoms with Crippen LogP contribution in [0.2, 0.25) is 0 Å². The van der Waals surface area contributed by atoms with Crippen molar-refractivity contribution in [3.63, 3.8) is 0 Å². The Morgan fingerprint density at radius 1 is 1.35 bits per heavy atom. The molecule has 4 aliphatic rings. The Labute approximate surface area is 183 Å². The van der Waals surface area contributed by atoms with E-state index in [1.54, 1.807) is 7.11 Å². The fraction of sp³-hybridized carbons (Fsp3) is 0.600. The van der Waals surface area contributed by atoms with Gasteiger partial charge in [0.1, 0.15) is 0 Å². The van der Waals surface area contributed by atoms with Crippen LogP contribution in [0, 0.1) is 5.92 Å². The predicted octanol–water partition coefficient (Wildman–Crippen LogP) is 3.29. The van der Waals surface area contributed by atoms with Gasteiger partial charge in [0.05, 0.1) is 14.2 Å². The molecule has 5 atom stereocenters. The molecular weight excluding hydrogens is 394 g/mol. The second-order valence-electron chi connectivity index (χ2n) is 9.63. The van der Waals surface area contributed by atoms with Crippen molar-refractivity contribution in [3.8, 4) is 11.5 Å². The Hall–Kier alpha value is -2.34. The summed E-state index contributed by atoms with van der Waals surface area (Å²) in [6.07, 6.45) is 7.46. The van der Waals surface area contributed by atoms with Gasteiger partial charge in [0, 0.05) is 34.9 Å². The van der Waals surface area contributed by atoms with Gasteiger partial charge in [0.15, 0.2) is 23.4 Å². The third kappa shape index (κ3) is 2.54. The Kier molecular flexibility index (Phi) is 4.70. The number of rotatable bonds is 7. The normalized spacial score (nSPS) is 34.2. The number of esters is 1. The molecule has 1 aromatic rings. The standard InChI is InChI=1S/C25H31NO5/c1-5-6-11-26-22-15-8-9-16(27)23-25(15)13-24(22,2)19-14(7-10-18(28)30-4)12-17(29-3)21(31-23)20(19)25/h7,10,12,15,22-23,26H,5-6,8-9,11,13H2,1-4H3/b10-7+/t15?,22?,23-,24?,25-/m1/s1. The van der Waals surface area contributed by atoms with Gasteiger partial charge in [0.25, 0.3) is 0 Å². The first-order valence-electron chi connectivity index (χ1n) is 11.4. The fourth-order valence-electron chi connectivity index (χ4n) is 7.10. The van der Waals surface area contributed by atoms with Crippen molar-refractivity contribution in [3.05, 3.63) is 28.8 Å². The topological polar surface area (TPSA) is 73.9 Å². The molecule has 3 aliphatic carbocycles. The van der Waals surface area contributed by atoms with Crippen LogP contribution < -0.4 is 14.8 Å². The number of Topliss-reactive ketones (excluding diaryl/α,β-unsaturated/α-hetero) is 1. The first-order chi connectivity index (χ1) is 14.9. The molecule has 0 radical (unpaired) electrons. The lowest BCUT2D eigenvalue weighted by atomic mass is 9.60. The molecule has 1 heterocycles. The van der Waals surface area contributed by atoms with E-state index < -0.39 is 12.1 Å². The van der Waals surface area contributed by atoms with Crippen LogP contribution in [0.5, 0.6) is 11.5 Å². The maximum absolute atomic E-state index is 13.0. The number of hydrogen-bond acceptors (Lipinski definition) is 6. The summed E-state index contributed by atoms with van der Waals surface area (Å²) < 4.78 is 16.9. The lowest BCUT2D eigenvalue weighted by Crippen LogP contribution is -2.56. The van der Waals surface area contributed by atoms with E-state index >= 15 is 0 Å². The molecule has 31 heavy (non-hydrogen) atoms. The summed E-state index contributed by atoms with van der Waals surface area (Å²) in [5, 5.41) is 3.87. The van der Waals surface area contributed by atoms with E-state index in [-0.39, 0.29) is 22.7 Å². The summed E-state index contributed by atoms with van der Waals surface area (Å²) in [6.45, 7) is 5.49. The highest BCUT2D eigenvalue weighted by Crippen LogP contribution is 2.73. The summed E-state index contributed by atoms with van der Waals surface area (Å²) in [7, 11) is 3.00. The smallest absolute Gasteiger partial charge is 0.330 e. The molecule has 2 saturated carbocycles. The van der Waals surface area contributed by atoms with Gasteiger partial charge in [-0.1, -0.05) is 20.3 Å². The first-order valence-corrected chi connectivity index (χ1v) is 11.4. The van der Waals surface area contributed by atoms with Crippen LogP contribution in [0.15, 0.2) is 12.1 Å². The van der Waals surface area contributed by atoms with Crippen LogP contribution in [0.3, 0.4) is 0 Å². The van der Waals surface area contributed by atoms with E-state index in [2.05, 4.69) is 19.2 Å². The van der Waals surface area contributed by atoms with Crippen molar-refractivity contribution >= 4 is 17.8 Å².